The number of nitrogens with one attached hydrogen (secondary N) is 1. The average molecular weight is 286 g/mol. The number of aliphatic hydroxyl groups excluding tert-OH is 1. The Bertz CT molecular complexity index is 764. The lowest BCUT2D eigenvalue weighted by Gasteiger charge is -2.11. The maximum Gasteiger partial charge on any atom is 0.0608 e. The molecule has 0 saturated heterocycles. The number of aryl methyl sites for hydroxylation is 1. The van der Waals surface area contributed by atoms with E-state index < -0.39 is 0 Å². The van der Waals surface area contributed by atoms with Gasteiger partial charge in [-0.15, -0.1) is 11.3 Å². The van der Waals surface area contributed by atoms with Gasteiger partial charge in [-0.2, -0.15) is 0 Å². The molecule has 0 aliphatic carbocycles. The SMILES string of the molecule is Cc1cc(NCCCO)c2c(sc3ccccc32)c1N. The van der Waals surface area contributed by atoms with Crippen molar-refractivity contribution in [3.63, 3.8) is 0 Å². The highest BCUT2D eigenvalue weighted by atomic mass is 32.1. The Morgan fingerprint density at radius 1 is 1.30 bits per heavy atom. The van der Waals surface area contributed by atoms with Gasteiger partial charge in [0, 0.05) is 34.3 Å². The van der Waals surface area contributed by atoms with Crippen LogP contribution >= 0.6 is 11.3 Å². The first kappa shape index (κ1) is 13.2. The van der Waals surface area contributed by atoms with E-state index in [1.807, 2.05) is 6.92 Å². The molecule has 0 spiro atoms. The Balaban J connectivity index is 2.24. The van der Waals surface area contributed by atoms with Crippen molar-refractivity contribution in [1.29, 1.82) is 0 Å². The van der Waals surface area contributed by atoms with Gasteiger partial charge >= 0.3 is 0 Å². The van der Waals surface area contributed by atoms with Crippen molar-refractivity contribution in [2.45, 2.75) is 13.3 Å². The van der Waals surface area contributed by atoms with Gasteiger partial charge in [-0.05, 0) is 31.0 Å². The second kappa shape index (κ2) is 5.31. The number of aliphatic hydroxyl groups is 1. The molecule has 4 N–H and O–H groups in total. The van der Waals surface area contributed by atoms with Crippen molar-refractivity contribution in [2.24, 2.45) is 0 Å². The standard InChI is InChI=1S/C16H18N2OS/c1-10-9-12(18-7-4-8-19)14-11-5-2-3-6-13(11)20-16(14)15(10)17/h2-3,5-6,9,18-19H,4,7-8,17H2,1H3. The summed E-state index contributed by atoms with van der Waals surface area (Å²) in [6.07, 6.45) is 0.743. The number of benzene rings is 2. The molecular weight excluding hydrogens is 268 g/mol. The Hall–Kier alpha value is -1.78. The first-order valence-corrected chi connectivity index (χ1v) is 7.59. The number of rotatable bonds is 4. The van der Waals surface area contributed by atoms with Gasteiger partial charge in [-0.3, -0.25) is 0 Å². The van der Waals surface area contributed by atoms with Crippen molar-refractivity contribution in [3.05, 3.63) is 35.9 Å². The van der Waals surface area contributed by atoms with Crippen LogP contribution in [0.25, 0.3) is 20.2 Å². The Labute approximate surface area is 122 Å². The van der Waals surface area contributed by atoms with Crippen LogP contribution in [0, 0.1) is 6.92 Å². The van der Waals surface area contributed by atoms with Crippen molar-refractivity contribution in [2.75, 3.05) is 24.2 Å². The van der Waals surface area contributed by atoms with Crippen LogP contribution in [0.3, 0.4) is 0 Å². The van der Waals surface area contributed by atoms with Crippen LogP contribution in [-0.4, -0.2) is 18.3 Å². The Morgan fingerprint density at radius 3 is 2.90 bits per heavy atom. The lowest BCUT2D eigenvalue weighted by molar-refractivity contribution is 0.292. The summed E-state index contributed by atoms with van der Waals surface area (Å²) in [7, 11) is 0. The Morgan fingerprint density at radius 2 is 2.10 bits per heavy atom. The highest BCUT2D eigenvalue weighted by molar-refractivity contribution is 7.26. The fourth-order valence-corrected chi connectivity index (χ4v) is 3.73. The quantitative estimate of drug-likeness (QED) is 0.506. The zero-order chi connectivity index (χ0) is 14.1. The molecule has 0 bridgehead atoms. The molecule has 20 heavy (non-hydrogen) atoms. The monoisotopic (exact) mass is 286 g/mol. The summed E-state index contributed by atoms with van der Waals surface area (Å²) < 4.78 is 2.41. The smallest absolute Gasteiger partial charge is 0.0608 e. The van der Waals surface area contributed by atoms with Crippen LogP contribution in [0.2, 0.25) is 0 Å². The van der Waals surface area contributed by atoms with Gasteiger partial charge in [-0.1, -0.05) is 18.2 Å². The van der Waals surface area contributed by atoms with Crippen molar-refractivity contribution in [3.8, 4) is 0 Å². The van der Waals surface area contributed by atoms with Crippen LogP contribution in [0.15, 0.2) is 30.3 Å². The van der Waals surface area contributed by atoms with Gasteiger partial charge in [0.1, 0.15) is 0 Å². The topological polar surface area (TPSA) is 58.3 Å². The molecular formula is C16H18N2OS. The number of nitrogen functional groups attached to an aromatic ring is 1. The molecule has 0 unspecified atom stereocenters. The fourth-order valence-electron chi connectivity index (χ4n) is 2.49. The molecule has 3 nitrogen and oxygen atoms in total. The van der Waals surface area contributed by atoms with Gasteiger partial charge in [0.05, 0.1) is 10.4 Å². The molecule has 4 heteroatoms. The molecule has 0 aliphatic heterocycles. The largest absolute Gasteiger partial charge is 0.397 e. The highest BCUT2D eigenvalue weighted by Gasteiger charge is 2.13. The number of thiophene rings is 1. The third-order valence-electron chi connectivity index (χ3n) is 3.55. The van der Waals surface area contributed by atoms with E-state index in [0.717, 1.165) is 34.6 Å². The summed E-state index contributed by atoms with van der Waals surface area (Å²) in [5.41, 5.74) is 9.32. The normalized spacial score (nSPS) is 11.3. The summed E-state index contributed by atoms with van der Waals surface area (Å²) in [5, 5.41) is 14.8. The number of nitrogens with two attached hydrogens (primary N) is 1. The van der Waals surface area contributed by atoms with E-state index in [1.165, 1.54) is 15.5 Å². The predicted molar refractivity (Wildman–Crippen MR) is 88.7 cm³/mol. The van der Waals surface area contributed by atoms with Gasteiger partial charge in [0.15, 0.2) is 0 Å². The average Bonchev–Trinajstić information content (AvgIpc) is 2.84. The molecule has 0 aliphatic rings. The third kappa shape index (κ3) is 2.11. The number of hydrogen-bond acceptors (Lipinski definition) is 4. The number of anilines is 2. The Kier molecular flexibility index (Phi) is 3.51. The minimum absolute atomic E-state index is 0.203. The van der Waals surface area contributed by atoms with E-state index in [4.69, 9.17) is 10.8 Å². The first-order chi connectivity index (χ1) is 9.72. The molecule has 1 heterocycles. The third-order valence-corrected chi connectivity index (χ3v) is 4.75. The van der Waals surface area contributed by atoms with E-state index in [0.29, 0.717) is 0 Å². The van der Waals surface area contributed by atoms with Crippen LogP contribution in [0.4, 0.5) is 11.4 Å². The molecule has 104 valence electrons. The first-order valence-electron chi connectivity index (χ1n) is 6.77. The summed E-state index contributed by atoms with van der Waals surface area (Å²) in [4.78, 5) is 0. The zero-order valence-electron chi connectivity index (χ0n) is 11.4. The van der Waals surface area contributed by atoms with E-state index >= 15 is 0 Å². The molecule has 0 atom stereocenters. The molecule has 3 rings (SSSR count). The molecule has 0 fully saturated rings. The minimum Gasteiger partial charge on any atom is -0.397 e. The summed E-state index contributed by atoms with van der Waals surface area (Å²) in [6.45, 7) is 3.00. The van der Waals surface area contributed by atoms with Crippen LogP contribution in [-0.2, 0) is 0 Å². The van der Waals surface area contributed by atoms with Crippen molar-refractivity contribution >= 4 is 42.9 Å². The minimum atomic E-state index is 0.203. The zero-order valence-corrected chi connectivity index (χ0v) is 12.3. The molecule has 0 saturated carbocycles. The summed E-state index contributed by atoms with van der Waals surface area (Å²) in [6, 6.07) is 10.5. The summed E-state index contributed by atoms with van der Waals surface area (Å²) >= 11 is 1.74. The van der Waals surface area contributed by atoms with Gasteiger partial charge in [0.25, 0.3) is 0 Å². The molecule has 0 amide bonds. The van der Waals surface area contributed by atoms with Gasteiger partial charge in [0.2, 0.25) is 0 Å². The number of hydrogen-bond donors (Lipinski definition) is 3. The van der Waals surface area contributed by atoms with Crippen LogP contribution in [0.5, 0.6) is 0 Å². The lowest BCUT2D eigenvalue weighted by Crippen LogP contribution is -2.04. The second-order valence-electron chi connectivity index (χ2n) is 4.96. The number of fused-ring (bicyclic) bond motifs is 3. The highest BCUT2D eigenvalue weighted by Crippen LogP contribution is 2.42. The van der Waals surface area contributed by atoms with E-state index in [-0.39, 0.29) is 6.61 Å². The van der Waals surface area contributed by atoms with E-state index in [2.05, 4.69) is 35.6 Å². The van der Waals surface area contributed by atoms with E-state index in [9.17, 15) is 0 Å². The second-order valence-corrected chi connectivity index (χ2v) is 6.01. The maximum absolute atomic E-state index is 8.93. The molecule has 0 radical (unpaired) electrons. The van der Waals surface area contributed by atoms with Crippen LogP contribution < -0.4 is 11.1 Å². The van der Waals surface area contributed by atoms with Crippen molar-refractivity contribution < 1.29 is 5.11 Å². The van der Waals surface area contributed by atoms with Crippen molar-refractivity contribution in [1.82, 2.24) is 0 Å². The lowest BCUT2D eigenvalue weighted by atomic mass is 10.1. The molecule has 3 aromatic rings. The predicted octanol–water partition coefficient (Wildman–Crippen LogP) is 3.74. The fraction of sp³-hybridized carbons (Fsp3) is 0.250. The van der Waals surface area contributed by atoms with Gasteiger partial charge < -0.3 is 16.2 Å². The summed E-state index contributed by atoms with van der Waals surface area (Å²) in [5.74, 6) is 0. The van der Waals surface area contributed by atoms with Crippen LogP contribution in [0.1, 0.15) is 12.0 Å². The van der Waals surface area contributed by atoms with Gasteiger partial charge in [-0.25, -0.2) is 0 Å². The maximum atomic E-state index is 8.93. The molecule has 1 aromatic heterocycles. The molecule has 2 aromatic carbocycles. The van der Waals surface area contributed by atoms with E-state index in [1.54, 1.807) is 11.3 Å².